The lowest BCUT2D eigenvalue weighted by Gasteiger charge is -2.35. The molecule has 1 unspecified atom stereocenters. The van der Waals surface area contributed by atoms with Crippen LogP contribution in [0.3, 0.4) is 0 Å². The lowest BCUT2D eigenvalue weighted by Crippen LogP contribution is -2.52. The number of amides is 2. The Bertz CT molecular complexity index is 447. The summed E-state index contributed by atoms with van der Waals surface area (Å²) in [6.45, 7) is 1.05. The highest BCUT2D eigenvalue weighted by atomic mass is 32.1. The monoisotopic (exact) mass is 282 g/mol. The SMILES string of the molecule is CN(Cc1ccsc1)C(=O)N1CCCCC1C(=O)O. The van der Waals surface area contributed by atoms with E-state index in [9.17, 15) is 14.7 Å². The standard InChI is InChI=1S/C13H18N2O3S/c1-14(8-10-5-7-19-9-10)13(18)15-6-3-2-4-11(15)12(16)17/h5,7,9,11H,2-4,6,8H2,1H3,(H,16,17). The van der Waals surface area contributed by atoms with Gasteiger partial charge < -0.3 is 14.9 Å². The molecule has 1 fully saturated rings. The number of piperidine rings is 1. The smallest absolute Gasteiger partial charge is 0.326 e. The Hall–Kier alpha value is -1.56. The van der Waals surface area contributed by atoms with Crippen molar-refractivity contribution >= 4 is 23.3 Å². The molecule has 2 heterocycles. The minimum atomic E-state index is -0.906. The van der Waals surface area contributed by atoms with E-state index >= 15 is 0 Å². The minimum Gasteiger partial charge on any atom is -0.480 e. The Kier molecular flexibility index (Phi) is 4.42. The molecule has 2 amide bonds. The predicted octanol–water partition coefficient (Wildman–Crippen LogP) is 2.24. The molecule has 2 rings (SSSR count). The number of carbonyl (C=O) groups is 2. The zero-order chi connectivity index (χ0) is 13.8. The van der Waals surface area contributed by atoms with Crippen LogP contribution in [-0.2, 0) is 11.3 Å². The van der Waals surface area contributed by atoms with Crippen molar-refractivity contribution in [3.63, 3.8) is 0 Å². The van der Waals surface area contributed by atoms with E-state index < -0.39 is 12.0 Å². The molecule has 1 atom stereocenters. The van der Waals surface area contributed by atoms with E-state index in [1.54, 1.807) is 23.3 Å². The summed E-state index contributed by atoms with van der Waals surface area (Å²) < 4.78 is 0. The lowest BCUT2D eigenvalue weighted by molar-refractivity contribution is -0.143. The van der Waals surface area contributed by atoms with Crippen LogP contribution in [0.4, 0.5) is 4.79 Å². The first kappa shape index (κ1) is 13.9. The number of likely N-dealkylation sites (tertiary alicyclic amines) is 1. The first-order valence-corrected chi connectivity index (χ1v) is 7.29. The molecule has 1 aliphatic heterocycles. The molecule has 1 saturated heterocycles. The molecule has 0 aliphatic carbocycles. The maximum Gasteiger partial charge on any atom is 0.326 e. The number of carboxylic acid groups (broad SMARTS) is 1. The molecular formula is C13H18N2O3S. The third kappa shape index (κ3) is 3.26. The molecule has 6 heteroatoms. The number of aliphatic carboxylic acids is 1. The molecule has 104 valence electrons. The number of hydrogen-bond acceptors (Lipinski definition) is 3. The summed E-state index contributed by atoms with van der Waals surface area (Å²) in [5, 5.41) is 13.1. The van der Waals surface area contributed by atoms with E-state index in [2.05, 4.69) is 0 Å². The number of nitrogens with zero attached hydrogens (tertiary/aromatic N) is 2. The maximum atomic E-state index is 12.3. The number of carboxylic acids is 1. The van der Waals surface area contributed by atoms with Crippen molar-refractivity contribution in [2.24, 2.45) is 0 Å². The molecule has 1 aromatic rings. The van der Waals surface area contributed by atoms with E-state index in [-0.39, 0.29) is 6.03 Å². The van der Waals surface area contributed by atoms with Crippen LogP contribution in [0.15, 0.2) is 16.8 Å². The maximum absolute atomic E-state index is 12.3. The van der Waals surface area contributed by atoms with E-state index in [1.807, 2.05) is 16.8 Å². The van der Waals surface area contributed by atoms with Crippen LogP contribution in [0.2, 0.25) is 0 Å². The predicted molar refractivity (Wildman–Crippen MR) is 73.2 cm³/mol. The Morgan fingerprint density at radius 2 is 2.32 bits per heavy atom. The zero-order valence-electron chi connectivity index (χ0n) is 10.9. The van der Waals surface area contributed by atoms with Crippen molar-refractivity contribution in [3.05, 3.63) is 22.4 Å². The summed E-state index contributed by atoms with van der Waals surface area (Å²) in [7, 11) is 1.72. The number of hydrogen-bond donors (Lipinski definition) is 1. The van der Waals surface area contributed by atoms with Gasteiger partial charge in [0.05, 0.1) is 0 Å². The van der Waals surface area contributed by atoms with Crippen LogP contribution >= 0.6 is 11.3 Å². The number of thiophene rings is 1. The molecule has 0 spiro atoms. The minimum absolute atomic E-state index is 0.196. The molecule has 1 aromatic heterocycles. The van der Waals surface area contributed by atoms with Crippen molar-refractivity contribution in [3.8, 4) is 0 Å². The van der Waals surface area contributed by atoms with Crippen LogP contribution < -0.4 is 0 Å². The van der Waals surface area contributed by atoms with Gasteiger partial charge in [-0.3, -0.25) is 0 Å². The first-order valence-electron chi connectivity index (χ1n) is 6.35. The fourth-order valence-electron chi connectivity index (χ4n) is 2.36. The average Bonchev–Trinajstić information content (AvgIpc) is 2.90. The Labute approximate surface area is 116 Å². The van der Waals surface area contributed by atoms with E-state index in [0.717, 1.165) is 18.4 Å². The van der Waals surface area contributed by atoms with Crippen molar-refractivity contribution in [2.45, 2.75) is 31.8 Å². The third-order valence-electron chi connectivity index (χ3n) is 3.36. The molecule has 0 radical (unpaired) electrons. The van der Waals surface area contributed by atoms with Gasteiger partial charge >= 0.3 is 12.0 Å². The Morgan fingerprint density at radius 1 is 1.53 bits per heavy atom. The summed E-state index contributed by atoms with van der Waals surface area (Å²) in [6.07, 6.45) is 2.30. The third-order valence-corrected chi connectivity index (χ3v) is 4.09. The van der Waals surface area contributed by atoms with Crippen molar-refractivity contribution < 1.29 is 14.7 Å². The molecule has 1 N–H and O–H groups in total. The largest absolute Gasteiger partial charge is 0.480 e. The molecule has 0 bridgehead atoms. The van der Waals surface area contributed by atoms with Gasteiger partial charge in [0.1, 0.15) is 6.04 Å². The Balaban J connectivity index is 2.02. The highest BCUT2D eigenvalue weighted by molar-refractivity contribution is 7.07. The number of carbonyl (C=O) groups excluding carboxylic acids is 1. The van der Waals surface area contributed by atoms with Gasteiger partial charge in [-0.15, -0.1) is 0 Å². The first-order chi connectivity index (χ1) is 9.09. The molecule has 19 heavy (non-hydrogen) atoms. The molecule has 1 aliphatic rings. The topological polar surface area (TPSA) is 60.9 Å². The lowest BCUT2D eigenvalue weighted by atomic mass is 10.0. The normalized spacial score (nSPS) is 19.2. The van der Waals surface area contributed by atoms with E-state index in [4.69, 9.17) is 0 Å². The highest BCUT2D eigenvalue weighted by Crippen LogP contribution is 2.19. The van der Waals surface area contributed by atoms with Crippen LogP contribution in [0.25, 0.3) is 0 Å². The summed E-state index contributed by atoms with van der Waals surface area (Å²) in [4.78, 5) is 26.6. The molecular weight excluding hydrogens is 264 g/mol. The van der Waals surface area contributed by atoms with Gasteiger partial charge in [-0.05, 0) is 41.7 Å². The summed E-state index contributed by atoms with van der Waals surface area (Å²) in [6, 6.07) is 1.10. The van der Waals surface area contributed by atoms with Crippen LogP contribution in [0, 0.1) is 0 Å². The molecule has 0 aromatic carbocycles. The van der Waals surface area contributed by atoms with Crippen LogP contribution in [0.1, 0.15) is 24.8 Å². The molecule has 0 saturated carbocycles. The number of rotatable bonds is 3. The van der Waals surface area contributed by atoms with Gasteiger partial charge in [-0.2, -0.15) is 11.3 Å². The van der Waals surface area contributed by atoms with Crippen molar-refractivity contribution in [2.75, 3.05) is 13.6 Å². The molecule has 5 nitrogen and oxygen atoms in total. The van der Waals surface area contributed by atoms with Gasteiger partial charge in [-0.25, -0.2) is 9.59 Å². The van der Waals surface area contributed by atoms with Gasteiger partial charge in [0.2, 0.25) is 0 Å². The average molecular weight is 282 g/mol. The highest BCUT2D eigenvalue weighted by Gasteiger charge is 2.33. The van der Waals surface area contributed by atoms with Gasteiger partial charge in [0.25, 0.3) is 0 Å². The quantitative estimate of drug-likeness (QED) is 0.925. The van der Waals surface area contributed by atoms with Crippen molar-refractivity contribution in [1.82, 2.24) is 9.80 Å². The summed E-state index contributed by atoms with van der Waals surface area (Å²) in [5.74, 6) is -0.906. The second-order valence-corrected chi connectivity index (χ2v) is 5.59. The summed E-state index contributed by atoms with van der Waals surface area (Å²) in [5.41, 5.74) is 1.07. The van der Waals surface area contributed by atoms with E-state index in [0.29, 0.717) is 19.5 Å². The van der Waals surface area contributed by atoms with Gasteiger partial charge in [0, 0.05) is 20.1 Å². The number of urea groups is 1. The second kappa shape index (κ2) is 6.06. The van der Waals surface area contributed by atoms with Crippen molar-refractivity contribution in [1.29, 1.82) is 0 Å². The second-order valence-electron chi connectivity index (χ2n) is 4.81. The fraction of sp³-hybridized carbons (Fsp3) is 0.538. The van der Waals surface area contributed by atoms with Crippen LogP contribution in [-0.4, -0.2) is 46.5 Å². The zero-order valence-corrected chi connectivity index (χ0v) is 11.7. The summed E-state index contributed by atoms with van der Waals surface area (Å²) >= 11 is 1.59. The van der Waals surface area contributed by atoms with Crippen LogP contribution in [0.5, 0.6) is 0 Å². The Morgan fingerprint density at radius 3 is 2.95 bits per heavy atom. The van der Waals surface area contributed by atoms with Gasteiger partial charge in [0.15, 0.2) is 0 Å². The fourth-order valence-corrected chi connectivity index (χ4v) is 3.02. The van der Waals surface area contributed by atoms with E-state index in [1.165, 1.54) is 4.90 Å². The van der Waals surface area contributed by atoms with Gasteiger partial charge in [-0.1, -0.05) is 0 Å².